The highest BCUT2D eigenvalue weighted by Crippen LogP contribution is 2.17. The fourth-order valence-corrected chi connectivity index (χ4v) is 3.45. The lowest BCUT2D eigenvalue weighted by Gasteiger charge is -2.19. The maximum atomic E-state index is 12.1. The van der Waals surface area contributed by atoms with Crippen molar-refractivity contribution in [3.05, 3.63) is 18.3 Å². The average Bonchev–Trinajstić information content (AvgIpc) is 2.86. The smallest absolute Gasteiger partial charge is 0.236 e. The first-order valence-electron chi connectivity index (χ1n) is 5.40. The largest absolute Gasteiger partial charge is 0.348 e. The molecule has 1 aromatic heterocycles. The second-order valence-corrected chi connectivity index (χ2v) is 6.21. The van der Waals surface area contributed by atoms with E-state index in [0.717, 1.165) is 19.5 Å². The van der Waals surface area contributed by atoms with Gasteiger partial charge in [-0.2, -0.15) is 0 Å². The standard InChI is InChI=1S/C10H17N3O2S/c1-13(10-3-2-5-12-10)16(14,15)8-9-4-6-11-7-9/h2-3,5,9,11-12H,4,6-8H2,1H3. The number of H-pyrrole nitrogens is 1. The lowest BCUT2D eigenvalue weighted by atomic mass is 10.2. The molecule has 0 saturated carbocycles. The van der Waals surface area contributed by atoms with Crippen LogP contribution in [0.5, 0.6) is 0 Å². The Balaban J connectivity index is 2.06. The first-order chi connectivity index (χ1) is 7.59. The first kappa shape index (κ1) is 11.5. The summed E-state index contributed by atoms with van der Waals surface area (Å²) in [6.07, 6.45) is 2.66. The molecule has 0 bridgehead atoms. The van der Waals surface area contributed by atoms with E-state index < -0.39 is 10.0 Å². The summed E-state index contributed by atoms with van der Waals surface area (Å²) in [6, 6.07) is 3.54. The topological polar surface area (TPSA) is 65.2 Å². The number of sulfonamides is 1. The van der Waals surface area contributed by atoms with E-state index in [9.17, 15) is 8.42 Å². The van der Waals surface area contributed by atoms with Crippen molar-refractivity contribution in [2.75, 3.05) is 30.2 Å². The van der Waals surface area contributed by atoms with Gasteiger partial charge in [-0.25, -0.2) is 8.42 Å². The molecule has 1 aliphatic heterocycles. The number of rotatable bonds is 4. The zero-order valence-electron chi connectivity index (χ0n) is 9.31. The molecule has 1 saturated heterocycles. The number of nitrogens with one attached hydrogen (secondary N) is 2. The van der Waals surface area contributed by atoms with Crippen LogP contribution in [0, 0.1) is 5.92 Å². The summed E-state index contributed by atoms with van der Waals surface area (Å²) >= 11 is 0. The van der Waals surface area contributed by atoms with Crippen molar-refractivity contribution >= 4 is 15.8 Å². The summed E-state index contributed by atoms with van der Waals surface area (Å²) in [4.78, 5) is 2.90. The summed E-state index contributed by atoms with van der Waals surface area (Å²) in [5.74, 6) is 1.07. The average molecular weight is 243 g/mol. The molecule has 90 valence electrons. The minimum Gasteiger partial charge on any atom is -0.348 e. The Morgan fingerprint density at radius 2 is 2.38 bits per heavy atom. The van der Waals surface area contributed by atoms with E-state index in [1.807, 2.05) is 0 Å². The Bertz CT molecular complexity index is 421. The van der Waals surface area contributed by atoms with Crippen molar-refractivity contribution in [1.29, 1.82) is 0 Å². The minimum atomic E-state index is -3.20. The quantitative estimate of drug-likeness (QED) is 0.804. The van der Waals surface area contributed by atoms with Gasteiger partial charge in [-0.15, -0.1) is 0 Å². The van der Waals surface area contributed by atoms with Crippen LogP contribution in [-0.4, -0.2) is 39.3 Å². The van der Waals surface area contributed by atoms with Gasteiger partial charge >= 0.3 is 0 Å². The molecule has 5 nitrogen and oxygen atoms in total. The molecule has 1 aliphatic rings. The molecule has 1 fully saturated rings. The van der Waals surface area contributed by atoms with Crippen LogP contribution in [-0.2, 0) is 10.0 Å². The number of aromatic amines is 1. The predicted molar refractivity (Wildman–Crippen MR) is 64.0 cm³/mol. The van der Waals surface area contributed by atoms with Gasteiger partial charge in [0.15, 0.2) is 0 Å². The fourth-order valence-electron chi connectivity index (χ4n) is 1.93. The molecule has 16 heavy (non-hydrogen) atoms. The summed E-state index contributed by atoms with van der Waals surface area (Å²) in [5, 5.41) is 3.18. The van der Waals surface area contributed by atoms with Crippen LogP contribution < -0.4 is 9.62 Å². The van der Waals surface area contributed by atoms with Gasteiger partial charge in [-0.1, -0.05) is 0 Å². The van der Waals surface area contributed by atoms with Crippen LogP contribution >= 0.6 is 0 Å². The normalized spacial score (nSPS) is 21.2. The zero-order valence-corrected chi connectivity index (χ0v) is 10.1. The minimum absolute atomic E-state index is 0.218. The summed E-state index contributed by atoms with van der Waals surface area (Å²) in [6.45, 7) is 1.73. The van der Waals surface area contributed by atoms with Gasteiger partial charge in [-0.3, -0.25) is 4.31 Å². The maximum Gasteiger partial charge on any atom is 0.236 e. The van der Waals surface area contributed by atoms with Crippen molar-refractivity contribution < 1.29 is 8.42 Å². The zero-order chi connectivity index (χ0) is 11.6. The molecule has 0 aliphatic carbocycles. The molecule has 0 spiro atoms. The van der Waals surface area contributed by atoms with E-state index >= 15 is 0 Å². The van der Waals surface area contributed by atoms with Crippen LogP contribution in [0.15, 0.2) is 18.3 Å². The van der Waals surface area contributed by atoms with Gasteiger partial charge in [0, 0.05) is 13.2 Å². The van der Waals surface area contributed by atoms with Gasteiger partial charge in [0.05, 0.1) is 5.75 Å². The summed E-state index contributed by atoms with van der Waals surface area (Å²) in [7, 11) is -1.62. The Kier molecular flexibility index (Phi) is 3.20. The lowest BCUT2D eigenvalue weighted by molar-refractivity contribution is 0.568. The van der Waals surface area contributed by atoms with Gasteiger partial charge in [0.1, 0.15) is 5.82 Å². The Morgan fingerprint density at radius 3 is 2.94 bits per heavy atom. The van der Waals surface area contributed by atoms with Crippen molar-refractivity contribution in [3.8, 4) is 0 Å². The van der Waals surface area contributed by atoms with E-state index in [1.54, 1.807) is 25.4 Å². The van der Waals surface area contributed by atoms with Crippen LogP contribution in [0.1, 0.15) is 6.42 Å². The first-order valence-corrected chi connectivity index (χ1v) is 7.01. The molecule has 0 amide bonds. The maximum absolute atomic E-state index is 12.1. The molecule has 6 heteroatoms. The predicted octanol–water partition coefficient (Wildman–Crippen LogP) is 0.390. The molecule has 2 rings (SSSR count). The molecule has 1 unspecified atom stereocenters. The summed E-state index contributed by atoms with van der Waals surface area (Å²) in [5.41, 5.74) is 0. The summed E-state index contributed by atoms with van der Waals surface area (Å²) < 4.78 is 25.5. The Hall–Kier alpha value is -1.01. The third-order valence-corrected chi connectivity index (χ3v) is 4.87. The van der Waals surface area contributed by atoms with Crippen LogP contribution in [0.4, 0.5) is 5.82 Å². The van der Waals surface area contributed by atoms with E-state index in [4.69, 9.17) is 0 Å². The van der Waals surface area contributed by atoms with Crippen molar-refractivity contribution in [2.24, 2.45) is 5.92 Å². The van der Waals surface area contributed by atoms with Crippen LogP contribution in [0.3, 0.4) is 0 Å². The van der Waals surface area contributed by atoms with Crippen molar-refractivity contribution in [2.45, 2.75) is 6.42 Å². The Labute approximate surface area is 95.9 Å². The number of aromatic nitrogens is 1. The highest BCUT2D eigenvalue weighted by molar-refractivity contribution is 7.92. The molecule has 1 atom stereocenters. The van der Waals surface area contributed by atoms with Crippen molar-refractivity contribution in [3.63, 3.8) is 0 Å². The Morgan fingerprint density at radius 1 is 1.56 bits per heavy atom. The highest BCUT2D eigenvalue weighted by Gasteiger charge is 2.26. The van der Waals surface area contributed by atoms with Gasteiger partial charge in [0.25, 0.3) is 0 Å². The van der Waals surface area contributed by atoms with Gasteiger partial charge in [-0.05, 0) is 37.6 Å². The number of anilines is 1. The number of hydrogen-bond acceptors (Lipinski definition) is 3. The molecule has 2 heterocycles. The van der Waals surface area contributed by atoms with Crippen molar-refractivity contribution in [1.82, 2.24) is 10.3 Å². The molecular weight excluding hydrogens is 226 g/mol. The SMILES string of the molecule is CN(c1ccc[nH]1)S(=O)(=O)CC1CCNC1. The van der Waals surface area contributed by atoms with Gasteiger partial charge in [0.2, 0.25) is 10.0 Å². The molecule has 0 radical (unpaired) electrons. The number of hydrogen-bond donors (Lipinski definition) is 2. The van der Waals surface area contributed by atoms with Crippen LogP contribution in [0.25, 0.3) is 0 Å². The molecule has 2 N–H and O–H groups in total. The van der Waals surface area contributed by atoms with E-state index in [2.05, 4.69) is 10.3 Å². The lowest BCUT2D eigenvalue weighted by Crippen LogP contribution is -2.32. The molecular formula is C10H17N3O2S. The third-order valence-electron chi connectivity index (χ3n) is 2.95. The van der Waals surface area contributed by atoms with E-state index in [0.29, 0.717) is 5.82 Å². The number of nitrogens with zero attached hydrogens (tertiary/aromatic N) is 1. The van der Waals surface area contributed by atoms with E-state index in [-0.39, 0.29) is 11.7 Å². The molecule has 0 aromatic carbocycles. The second kappa shape index (κ2) is 4.47. The fraction of sp³-hybridized carbons (Fsp3) is 0.600. The second-order valence-electron chi connectivity index (χ2n) is 4.16. The van der Waals surface area contributed by atoms with Crippen LogP contribution in [0.2, 0.25) is 0 Å². The van der Waals surface area contributed by atoms with Gasteiger partial charge < -0.3 is 10.3 Å². The van der Waals surface area contributed by atoms with E-state index in [1.165, 1.54) is 4.31 Å². The molecule has 1 aromatic rings. The third kappa shape index (κ3) is 2.38. The monoisotopic (exact) mass is 243 g/mol. The highest BCUT2D eigenvalue weighted by atomic mass is 32.2.